The maximum atomic E-state index is 12.5. The van der Waals surface area contributed by atoms with Crippen LogP contribution in [-0.2, 0) is 16.1 Å². The molecule has 1 aromatic heterocycles. The number of benzene rings is 2. The Labute approximate surface area is 162 Å². The molecule has 6 heteroatoms. The highest BCUT2D eigenvalue weighted by molar-refractivity contribution is 6.44. The molecule has 142 valence electrons. The quantitative estimate of drug-likeness (QED) is 0.513. The molecular weight excluding hydrogens is 354 g/mol. The van der Waals surface area contributed by atoms with Crippen molar-refractivity contribution in [3.63, 3.8) is 0 Å². The molecule has 3 aromatic rings. The van der Waals surface area contributed by atoms with Crippen molar-refractivity contribution >= 4 is 28.5 Å². The van der Waals surface area contributed by atoms with Gasteiger partial charge in [0.25, 0.3) is 11.7 Å². The van der Waals surface area contributed by atoms with Crippen LogP contribution in [0, 0.1) is 5.92 Å². The van der Waals surface area contributed by atoms with Crippen LogP contribution in [0.25, 0.3) is 10.9 Å². The van der Waals surface area contributed by atoms with Gasteiger partial charge >= 0.3 is 0 Å². The first-order chi connectivity index (χ1) is 13.6. The van der Waals surface area contributed by atoms with Crippen LogP contribution in [0.4, 0.5) is 0 Å². The maximum Gasteiger partial charge on any atom is 0.292 e. The van der Waals surface area contributed by atoms with E-state index >= 15 is 0 Å². The molecule has 4 rings (SSSR count). The third-order valence-corrected chi connectivity index (χ3v) is 5.10. The summed E-state index contributed by atoms with van der Waals surface area (Å²) in [5, 5.41) is 3.43. The number of Topliss-reactive ketones (excluding diaryl/α,β-unsaturated/α-hetero) is 1. The van der Waals surface area contributed by atoms with Crippen LogP contribution in [-0.4, -0.2) is 40.6 Å². The van der Waals surface area contributed by atoms with Crippen LogP contribution < -0.4 is 5.32 Å². The minimum atomic E-state index is -0.640. The van der Waals surface area contributed by atoms with E-state index in [-0.39, 0.29) is 11.8 Å². The molecule has 0 spiro atoms. The molecule has 0 radical (unpaired) electrons. The molecule has 2 N–H and O–H groups in total. The van der Waals surface area contributed by atoms with E-state index in [0.717, 1.165) is 16.5 Å². The van der Waals surface area contributed by atoms with E-state index in [1.54, 1.807) is 11.1 Å². The number of carbonyl (C=O) groups excluding carboxylic acids is 3. The first-order valence-electron chi connectivity index (χ1n) is 9.32. The minimum absolute atomic E-state index is 0.0101. The second-order valence-corrected chi connectivity index (χ2v) is 7.12. The molecule has 0 bridgehead atoms. The Kier molecular flexibility index (Phi) is 4.93. The van der Waals surface area contributed by atoms with E-state index < -0.39 is 11.7 Å². The smallest absolute Gasteiger partial charge is 0.292 e. The molecular formula is C22H21N3O3. The SMILES string of the molecule is O=C(NCC1CC(=O)N(Cc2ccccc2)C1)C(=O)c1c[nH]c2ccccc12. The van der Waals surface area contributed by atoms with Crippen molar-refractivity contribution in [2.75, 3.05) is 13.1 Å². The van der Waals surface area contributed by atoms with Gasteiger partial charge in [-0.05, 0) is 11.6 Å². The van der Waals surface area contributed by atoms with Crippen LogP contribution in [0.3, 0.4) is 0 Å². The number of rotatable bonds is 6. The third kappa shape index (κ3) is 3.67. The number of hydrogen-bond donors (Lipinski definition) is 2. The van der Waals surface area contributed by atoms with Crippen molar-refractivity contribution in [2.24, 2.45) is 5.92 Å². The highest BCUT2D eigenvalue weighted by atomic mass is 16.2. The van der Waals surface area contributed by atoms with Crippen molar-refractivity contribution in [2.45, 2.75) is 13.0 Å². The monoisotopic (exact) mass is 375 g/mol. The molecule has 6 nitrogen and oxygen atoms in total. The van der Waals surface area contributed by atoms with Gasteiger partial charge in [0, 0.05) is 49.1 Å². The first kappa shape index (κ1) is 18.0. The Morgan fingerprint density at radius 3 is 2.64 bits per heavy atom. The van der Waals surface area contributed by atoms with Gasteiger partial charge < -0.3 is 15.2 Å². The van der Waals surface area contributed by atoms with Gasteiger partial charge in [0.15, 0.2) is 0 Å². The van der Waals surface area contributed by atoms with Gasteiger partial charge in [-0.2, -0.15) is 0 Å². The summed E-state index contributed by atoms with van der Waals surface area (Å²) in [7, 11) is 0. The average Bonchev–Trinajstić information content (AvgIpc) is 3.30. The van der Waals surface area contributed by atoms with Gasteiger partial charge in [0.05, 0.1) is 5.56 Å². The number of nitrogens with one attached hydrogen (secondary N) is 2. The molecule has 2 aromatic carbocycles. The number of ketones is 1. The zero-order valence-corrected chi connectivity index (χ0v) is 15.4. The number of aromatic amines is 1. The zero-order chi connectivity index (χ0) is 19.5. The Morgan fingerprint density at radius 2 is 1.82 bits per heavy atom. The predicted molar refractivity (Wildman–Crippen MR) is 106 cm³/mol. The number of amides is 2. The molecule has 1 aliphatic heterocycles. The van der Waals surface area contributed by atoms with Crippen LogP contribution in [0.2, 0.25) is 0 Å². The first-order valence-corrected chi connectivity index (χ1v) is 9.32. The summed E-state index contributed by atoms with van der Waals surface area (Å²) in [4.78, 5) is 41.9. The van der Waals surface area contributed by atoms with Crippen LogP contribution in [0.5, 0.6) is 0 Å². The summed E-state index contributed by atoms with van der Waals surface area (Å²) in [6.07, 6.45) is 1.95. The van der Waals surface area contributed by atoms with E-state index in [4.69, 9.17) is 0 Å². The van der Waals surface area contributed by atoms with Crippen molar-refractivity contribution < 1.29 is 14.4 Å². The standard InChI is InChI=1S/C22H21N3O3/c26-20-10-16(14-25(20)13-15-6-2-1-3-7-15)11-24-22(28)21(27)18-12-23-19-9-5-4-8-17(18)19/h1-9,12,16,23H,10-11,13-14H2,(H,24,28). The molecule has 0 aliphatic carbocycles. The number of fused-ring (bicyclic) bond motifs is 1. The van der Waals surface area contributed by atoms with Crippen LogP contribution in [0.15, 0.2) is 60.8 Å². The number of para-hydroxylation sites is 1. The molecule has 1 saturated heterocycles. The van der Waals surface area contributed by atoms with Crippen molar-refractivity contribution in [3.05, 3.63) is 71.9 Å². The van der Waals surface area contributed by atoms with Crippen molar-refractivity contribution in [1.29, 1.82) is 0 Å². The second-order valence-electron chi connectivity index (χ2n) is 7.12. The fourth-order valence-corrected chi connectivity index (χ4v) is 3.65. The zero-order valence-electron chi connectivity index (χ0n) is 15.4. The lowest BCUT2D eigenvalue weighted by molar-refractivity contribution is -0.128. The lowest BCUT2D eigenvalue weighted by Gasteiger charge is -2.17. The predicted octanol–water partition coefficient (Wildman–Crippen LogP) is 2.52. The number of aromatic nitrogens is 1. The Balaban J connectivity index is 1.33. The van der Waals surface area contributed by atoms with Gasteiger partial charge in [-0.3, -0.25) is 14.4 Å². The Hall–Kier alpha value is -3.41. The topological polar surface area (TPSA) is 82.3 Å². The summed E-state index contributed by atoms with van der Waals surface area (Å²) < 4.78 is 0. The van der Waals surface area contributed by atoms with E-state index in [2.05, 4.69) is 10.3 Å². The normalized spacial score (nSPS) is 16.5. The molecule has 1 atom stereocenters. The summed E-state index contributed by atoms with van der Waals surface area (Å²) >= 11 is 0. The number of carbonyl (C=O) groups is 3. The Bertz CT molecular complexity index is 1030. The van der Waals surface area contributed by atoms with Crippen LogP contribution in [0.1, 0.15) is 22.3 Å². The number of nitrogens with zero attached hydrogens (tertiary/aromatic N) is 1. The fourth-order valence-electron chi connectivity index (χ4n) is 3.65. The fraction of sp³-hybridized carbons (Fsp3) is 0.227. The van der Waals surface area contributed by atoms with Gasteiger partial charge in [0.2, 0.25) is 5.91 Å². The number of hydrogen-bond acceptors (Lipinski definition) is 3. The summed E-state index contributed by atoms with van der Waals surface area (Å²) in [5.41, 5.74) is 2.26. The second kappa shape index (κ2) is 7.68. The van der Waals surface area contributed by atoms with E-state index in [0.29, 0.717) is 31.6 Å². The summed E-state index contributed by atoms with van der Waals surface area (Å²) in [5.74, 6) is -1.12. The van der Waals surface area contributed by atoms with E-state index in [1.807, 2.05) is 54.6 Å². The van der Waals surface area contributed by atoms with Gasteiger partial charge in [-0.15, -0.1) is 0 Å². The molecule has 28 heavy (non-hydrogen) atoms. The largest absolute Gasteiger partial charge is 0.360 e. The Morgan fingerprint density at radius 1 is 1.07 bits per heavy atom. The van der Waals surface area contributed by atoms with Crippen molar-refractivity contribution in [3.8, 4) is 0 Å². The van der Waals surface area contributed by atoms with Crippen molar-refractivity contribution in [1.82, 2.24) is 15.2 Å². The molecule has 1 fully saturated rings. The molecule has 1 unspecified atom stereocenters. The van der Waals surface area contributed by atoms with Gasteiger partial charge in [-0.1, -0.05) is 48.5 Å². The third-order valence-electron chi connectivity index (χ3n) is 5.10. The highest BCUT2D eigenvalue weighted by Crippen LogP contribution is 2.20. The maximum absolute atomic E-state index is 12.5. The van der Waals surface area contributed by atoms with E-state index in [1.165, 1.54) is 0 Å². The molecule has 1 aliphatic rings. The van der Waals surface area contributed by atoms with E-state index in [9.17, 15) is 14.4 Å². The van der Waals surface area contributed by atoms with Crippen LogP contribution >= 0.6 is 0 Å². The van der Waals surface area contributed by atoms with Gasteiger partial charge in [0.1, 0.15) is 0 Å². The minimum Gasteiger partial charge on any atom is -0.360 e. The average molecular weight is 375 g/mol. The summed E-state index contributed by atoms with van der Waals surface area (Å²) in [6.45, 7) is 1.46. The molecule has 2 heterocycles. The molecule has 2 amide bonds. The highest BCUT2D eigenvalue weighted by Gasteiger charge is 2.30. The number of likely N-dealkylation sites (tertiary alicyclic amines) is 1. The van der Waals surface area contributed by atoms with Gasteiger partial charge in [-0.25, -0.2) is 0 Å². The number of H-pyrrole nitrogens is 1. The summed E-state index contributed by atoms with van der Waals surface area (Å²) in [6, 6.07) is 17.2. The lowest BCUT2D eigenvalue weighted by atomic mass is 10.1. The molecule has 0 saturated carbocycles. The lowest BCUT2D eigenvalue weighted by Crippen LogP contribution is -2.35.